The molecule has 8 aromatic carbocycles. The van der Waals surface area contributed by atoms with E-state index < -0.39 is 0 Å². The van der Waals surface area contributed by atoms with Crippen molar-refractivity contribution in [1.29, 1.82) is 0 Å². The summed E-state index contributed by atoms with van der Waals surface area (Å²) in [6.45, 7) is 4.00. The molecule has 3 heteroatoms. The number of fused-ring (bicyclic) bond motifs is 3. The van der Waals surface area contributed by atoms with Crippen molar-refractivity contribution in [3.63, 3.8) is 0 Å². The normalized spacial score (nSPS) is 11.5. The molecule has 11 aromatic rings. The number of hydrogen-bond acceptors (Lipinski definition) is 3. The predicted octanol–water partition coefficient (Wildman–Crippen LogP) is 15.1. The molecule has 55 heavy (non-hydrogen) atoms. The average Bonchev–Trinajstić information content (AvgIpc) is 3.66. The highest BCUT2D eigenvalue weighted by molar-refractivity contribution is 7.26. The third kappa shape index (κ3) is 5.55. The number of rotatable bonds is 5. The molecule has 0 aliphatic heterocycles. The van der Waals surface area contributed by atoms with Gasteiger partial charge in [-0.2, -0.15) is 0 Å². The standard InChI is InChI=1S/C50H30N2S.C2H6/c1-2-14-47-41(11-1)44-13-4-12-40(50(44)53-47)31-15-17-32(18-16-31)45-28-46(43-22-20-34-8-3-7-33-19-21-42(45)49(43)48(33)34)39-26-37(35-9-5-23-51-29-35)25-38(27-39)36-10-6-24-52-30-36;1-2/h1-30H;1-2H3. The van der Waals surface area contributed by atoms with E-state index in [4.69, 9.17) is 0 Å². The van der Waals surface area contributed by atoms with Crippen molar-refractivity contribution in [2.24, 2.45) is 0 Å². The summed E-state index contributed by atoms with van der Waals surface area (Å²) in [5, 5.41) is 10.3. The predicted molar refractivity (Wildman–Crippen MR) is 237 cm³/mol. The third-order valence-corrected chi connectivity index (χ3v) is 12.0. The smallest absolute Gasteiger partial charge is 0.0433 e. The lowest BCUT2D eigenvalue weighted by molar-refractivity contribution is 1.32. The van der Waals surface area contributed by atoms with Gasteiger partial charge in [-0.1, -0.05) is 129 Å². The SMILES string of the molecule is CC.c1cncc(-c2cc(-c3cccnc3)cc(-c3cc(-c4ccc(-c5cccc6c5sc5ccccc56)cc4)c4ccc5cccc6ccc3c4c56)c2)c1. The molecule has 0 saturated heterocycles. The highest BCUT2D eigenvalue weighted by Crippen LogP contribution is 2.46. The summed E-state index contributed by atoms with van der Waals surface area (Å²) >= 11 is 1.88. The van der Waals surface area contributed by atoms with E-state index in [9.17, 15) is 0 Å². The Bertz CT molecular complexity index is 3070. The van der Waals surface area contributed by atoms with Crippen molar-refractivity contribution in [3.05, 3.63) is 183 Å². The molecule has 0 unspecified atom stereocenters. The first kappa shape index (κ1) is 32.9. The van der Waals surface area contributed by atoms with E-state index >= 15 is 0 Å². The molecule has 3 heterocycles. The van der Waals surface area contributed by atoms with Crippen LogP contribution in [-0.4, -0.2) is 9.97 Å². The van der Waals surface area contributed by atoms with Gasteiger partial charge in [0.15, 0.2) is 0 Å². The lowest BCUT2D eigenvalue weighted by Gasteiger charge is -2.19. The summed E-state index contributed by atoms with van der Waals surface area (Å²) in [5.74, 6) is 0. The van der Waals surface area contributed by atoms with Crippen molar-refractivity contribution in [1.82, 2.24) is 9.97 Å². The fourth-order valence-corrected chi connectivity index (χ4v) is 9.53. The Morgan fingerprint density at radius 2 is 0.927 bits per heavy atom. The number of benzene rings is 8. The van der Waals surface area contributed by atoms with Crippen LogP contribution in [0.5, 0.6) is 0 Å². The highest BCUT2D eigenvalue weighted by atomic mass is 32.1. The van der Waals surface area contributed by atoms with Gasteiger partial charge in [-0.25, -0.2) is 0 Å². The van der Waals surface area contributed by atoms with E-state index in [1.165, 1.54) is 80.3 Å². The van der Waals surface area contributed by atoms with Crippen LogP contribution in [0.25, 0.3) is 108 Å². The second-order valence-corrected chi connectivity index (χ2v) is 14.8. The van der Waals surface area contributed by atoms with Crippen LogP contribution in [0.4, 0.5) is 0 Å². The van der Waals surface area contributed by atoms with Crippen molar-refractivity contribution >= 4 is 63.8 Å². The van der Waals surface area contributed by atoms with Gasteiger partial charge in [-0.3, -0.25) is 9.97 Å². The van der Waals surface area contributed by atoms with E-state index in [0.29, 0.717) is 0 Å². The van der Waals surface area contributed by atoms with Gasteiger partial charge in [0.25, 0.3) is 0 Å². The largest absolute Gasteiger partial charge is 0.264 e. The second-order valence-electron chi connectivity index (χ2n) is 13.8. The van der Waals surface area contributed by atoms with Gasteiger partial charge in [0.05, 0.1) is 0 Å². The van der Waals surface area contributed by atoms with E-state index in [1.54, 1.807) is 0 Å². The lowest BCUT2D eigenvalue weighted by atomic mass is 9.84. The molecular weight excluding hydrogens is 685 g/mol. The highest BCUT2D eigenvalue weighted by Gasteiger charge is 2.19. The van der Waals surface area contributed by atoms with Crippen LogP contribution in [0.2, 0.25) is 0 Å². The molecule has 3 aromatic heterocycles. The summed E-state index contributed by atoms with van der Waals surface area (Å²) in [5.41, 5.74) is 11.7. The minimum atomic E-state index is 1.08. The zero-order valence-corrected chi connectivity index (χ0v) is 31.4. The molecule has 0 aliphatic rings. The van der Waals surface area contributed by atoms with Crippen LogP contribution >= 0.6 is 11.3 Å². The van der Waals surface area contributed by atoms with Crippen LogP contribution in [-0.2, 0) is 0 Å². The van der Waals surface area contributed by atoms with Crippen molar-refractivity contribution in [2.75, 3.05) is 0 Å². The molecule has 0 radical (unpaired) electrons. The van der Waals surface area contributed by atoms with Crippen molar-refractivity contribution in [3.8, 4) is 55.6 Å². The topological polar surface area (TPSA) is 25.8 Å². The van der Waals surface area contributed by atoms with Gasteiger partial charge >= 0.3 is 0 Å². The molecule has 0 amide bonds. The molecule has 0 aliphatic carbocycles. The lowest BCUT2D eigenvalue weighted by Crippen LogP contribution is -1.92. The molecule has 0 saturated carbocycles. The second kappa shape index (κ2) is 13.6. The molecule has 260 valence electrons. The molecular formula is C52H36N2S. The molecule has 0 N–H and O–H groups in total. The van der Waals surface area contributed by atoms with Crippen LogP contribution in [0.1, 0.15) is 13.8 Å². The summed E-state index contributed by atoms with van der Waals surface area (Å²) < 4.78 is 2.66. The first-order chi connectivity index (χ1) is 27.3. The van der Waals surface area contributed by atoms with Crippen LogP contribution in [0, 0.1) is 0 Å². The molecule has 11 rings (SSSR count). The first-order valence-corrected chi connectivity index (χ1v) is 19.8. The first-order valence-electron chi connectivity index (χ1n) is 18.9. The number of nitrogens with zero attached hydrogens (tertiary/aromatic N) is 2. The number of pyridine rings is 2. The minimum Gasteiger partial charge on any atom is -0.264 e. The number of aromatic nitrogens is 2. The Morgan fingerprint density at radius 1 is 0.364 bits per heavy atom. The maximum Gasteiger partial charge on any atom is 0.0433 e. The Balaban J connectivity index is 0.00000183. The minimum absolute atomic E-state index is 1.08. The fraction of sp³-hybridized carbons (Fsp3) is 0.0385. The molecule has 2 nitrogen and oxygen atoms in total. The van der Waals surface area contributed by atoms with Crippen LogP contribution in [0.15, 0.2) is 183 Å². The maximum absolute atomic E-state index is 4.47. The molecule has 0 bridgehead atoms. The van der Waals surface area contributed by atoms with Gasteiger partial charge in [0.1, 0.15) is 0 Å². The van der Waals surface area contributed by atoms with E-state index in [1.807, 2.05) is 62.1 Å². The maximum atomic E-state index is 4.47. The number of thiophene rings is 1. The average molecular weight is 721 g/mol. The summed E-state index contributed by atoms with van der Waals surface area (Å²) in [6.07, 6.45) is 7.55. The third-order valence-electron chi connectivity index (χ3n) is 10.8. The van der Waals surface area contributed by atoms with E-state index in [-0.39, 0.29) is 0 Å². The summed E-state index contributed by atoms with van der Waals surface area (Å²) in [6, 6.07) is 58.1. The molecule has 0 atom stereocenters. The van der Waals surface area contributed by atoms with Crippen LogP contribution < -0.4 is 0 Å². The molecule has 0 fully saturated rings. The molecule has 0 spiro atoms. The van der Waals surface area contributed by atoms with Crippen molar-refractivity contribution in [2.45, 2.75) is 13.8 Å². The zero-order chi connectivity index (χ0) is 36.9. The van der Waals surface area contributed by atoms with E-state index in [0.717, 1.165) is 27.8 Å². The van der Waals surface area contributed by atoms with E-state index in [2.05, 4.69) is 156 Å². The quantitative estimate of drug-likeness (QED) is 0.165. The summed E-state index contributed by atoms with van der Waals surface area (Å²) in [7, 11) is 0. The van der Waals surface area contributed by atoms with Gasteiger partial charge in [-0.15, -0.1) is 11.3 Å². The Kier molecular flexibility index (Phi) is 8.16. The van der Waals surface area contributed by atoms with Gasteiger partial charge < -0.3 is 0 Å². The monoisotopic (exact) mass is 720 g/mol. The van der Waals surface area contributed by atoms with Gasteiger partial charge in [-0.05, 0) is 119 Å². The zero-order valence-electron chi connectivity index (χ0n) is 30.6. The Morgan fingerprint density at radius 3 is 1.56 bits per heavy atom. The van der Waals surface area contributed by atoms with Crippen molar-refractivity contribution < 1.29 is 0 Å². The Hall–Kier alpha value is -6.68. The number of hydrogen-bond donors (Lipinski definition) is 0. The van der Waals surface area contributed by atoms with Gasteiger partial charge in [0.2, 0.25) is 0 Å². The Labute approximate surface area is 324 Å². The fourth-order valence-electron chi connectivity index (χ4n) is 8.30. The van der Waals surface area contributed by atoms with Gasteiger partial charge in [0, 0.05) is 56.1 Å². The van der Waals surface area contributed by atoms with Crippen LogP contribution in [0.3, 0.4) is 0 Å². The summed E-state index contributed by atoms with van der Waals surface area (Å²) in [4.78, 5) is 8.94.